The quantitative estimate of drug-likeness (QED) is 0.687. The van der Waals surface area contributed by atoms with Gasteiger partial charge in [-0.05, 0) is 36.2 Å². The maximum absolute atomic E-state index is 13.2. The number of nitrogens with zero attached hydrogens (tertiary/aromatic N) is 2. The minimum Gasteiger partial charge on any atom is -0.350 e. The lowest BCUT2D eigenvalue weighted by Crippen LogP contribution is -2.42. The molecule has 1 amide bonds. The number of hydrogen-bond donors (Lipinski definition) is 1. The molecule has 0 fully saturated rings. The molecule has 0 unspecified atom stereocenters. The summed E-state index contributed by atoms with van der Waals surface area (Å²) in [6.07, 6.45) is 0.616. The molecule has 1 aromatic heterocycles. The van der Waals surface area contributed by atoms with Gasteiger partial charge in [-0.15, -0.1) is 0 Å². The molecule has 0 bridgehead atoms. The van der Waals surface area contributed by atoms with Gasteiger partial charge >= 0.3 is 5.69 Å². The first-order chi connectivity index (χ1) is 13.4. The molecular formula is C20H19ClFN3O3. The third-order valence-corrected chi connectivity index (χ3v) is 4.64. The molecule has 3 rings (SSSR count). The number of halogens is 2. The number of rotatable bonds is 6. The van der Waals surface area contributed by atoms with Gasteiger partial charge in [0.15, 0.2) is 0 Å². The second-order valence-electron chi connectivity index (χ2n) is 6.37. The highest BCUT2D eigenvalue weighted by Gasteiger charge is 2.14. The Hall–Kier alpha value is -2.93. The number of carbonyl (C=O) groups is 1. The first-order valence-electron chi connectivity index (χ1n) is 8.85. The zero-order valence-corrected chi connectivity index (χ0v) is 16.0. The Morgan fingerprint density at radius 2 is 1.89 bits per heavy atom. The zero-order chi connectivity index (χ0) is 20.3. The van der Waals surface area contributed by atoms with E-state index in [0.717, 1.165) is 4.57 Å². The third kappa shape index (κ3) is 3.99. The highest BCUT2D eigenvalue weighted by Crippen LogP contribution is 2.15. The molecule has 8 heteroatoms. The maximum Gasteiger partial charge on any atom is 0.331 e. The van der Waals surface area contributed by atoms with Crippen LogP contribution in [-0.2, 0) is 24.4 Å². The zero-order valence-electron chi connectivity index (χ0n) is 15.2. The number of para-hydroxylation sites is 1. The minimum absolute atomic E-state index is 0.0272. The molecule has 28 heavy (non-hydrogen) atoms. The van der Waals surface area contributed by atoms with E-state index in [0.29, 0.717) is 22.9 Å². The predicted molar refractivity (Wildman–Crippen MR) is 106 cm³/mol. The number of carbonyl (C=O) groups excluding carboxylic acids is 1. The average Bonchev–Trinajstić information content (AvgIpc) is 2.69. The summed E-state index contributed by atoms with van der Waals surface area (Å²) in [5.41, 5.74) is 0.156. The van der Waals surface area contributed by atoms with Crippen LogP contribution in [0, 0.1) is 5.82 Å². The van der Waals surface area contributed by atoms with Gasteiger partial charge in [-0.3, -0.25) is 18.7 Å². The number of benzene rings is 2. The van der Waals surface area contributed by atoms with Crippen molar-refractivity contribution in [2.24, 2.45) is 0 Å². The van der Waals surface area contributed by atoms with Crippen molar-refractivity contribution in [2.75, 3.05) is 0 Å². The van der Waals surface area contributed by atoms with Crippen molar-refractivity contribution < 1.29 is 9.18 Å². The van der Waals surface area contributed by atoms with Crippen LogP contribution < -0.4 is 16.6 Å². The van der Waals surface area contributed by atoms with Gasteiger partial charge in [-0.25, -0.2) is 9.18 Å². The second-order valence-corrected chi connectivity index (χ2v) is 6.78. The van der Waals surface area contributed by atoms with Gasteiger partial charge < -0.3 is 5.32 Å². The first kappa shape index (κ1) is 19.8. The first-order valence-corrected chi connectivity index (χ1v) is 9.23. The van der Waals surface area contributed by atoms with Gasteiger partial charge in [0.25, 0.3) is 5.56 Å². The third-order valence-electron chi connectivity index (χ3n) is 4.35. The van der Waals surface area contributed by atoms with Gasteiger partial charge in [-0.2, -0.15) is 0 Å². The summed E-state index contributed by atoms with van der Waals surface area (Å²) in [5.74, 6) is -0.942. The van der Waals surface area contributed by atoms with E-state index < -0.39 is 17.4 Å². The van der Waals surface area contributed by atoms with Gasteiger partial charge in [0.2, 0.25) is 5.91 Å². The van der Waals surface area contributed by atoms with Crippen molar-refractivity contribution >= 4 is 28.4 Å². The molecule has 0 aliphatic rings. The lowest BCUT2D eigenvalue weighted by atomic mass is 10.2. The number of fused-ring (bicyclic) bond motifs is 1. The molecule has 146 valence electrons. The molecule has 0 aliphatic heterocycles. The van der Waals surface area contributed by atoms with Crippen LogP contribution >= 0.6 is 11.6 Å². The van der Waals surface area contributed by atoms with Crippen molar-refractivity contribution in [3.63, 3.8) is 0 Å². The smallest absolute Gasteiger partial charge is 0.331 e. The van der Waals surface area contributed by atoms with Crippen LogP contribution in [-0.4, -0.2) is 15.0 Å². The van der Waals surface area contributed by atoms with E-state index in [1.807, 2.05) is 6.92 Å². The van der Waals surface area contributed by atoms with E-state index in [1.165, 1.54) is 22.8 Å². The van der Waals surface area contributed by atoms with Crippen LogP contribution in [0.1, 0.15) is 18.9 Å². The van der Waals surface area contributed by atoms with Crippen molar-refractivity contribution in [1.82, 2.24) is 14.5 Å². The summed E-state index contributed by atoms with van der Waals surface area (Å²) in [6, 6.07) is 10.9. The predicted octanol–water partition coefficient (Wildman–Crippen LogP) is 2.68. The van der Waals surface area contributed by atoms with E-state index in [2.05, 4.69) is 5.32 Å². The van der Waals surface area contributed by atoms with Crippen LogP contribution in [0.5, 0.6) is 0 Å². The molecule has 3 aromatic rings. The number of aromatic nitrogens is 2. The maximum atomic E-state index is 13.2. The number of nitrogens with one attached hydrogen (secondary N) is 1. The van der Waals surface area contributed by atoms with Gasteiger partial charge in [0.05, 0.1) is 15.9 Å². The molecule has 0 saturated heterocycles. The van der Waals surface area contributed by atoms with Crippen LogP contribution in [0.25, 0.3) is 10.9 Å². The summed E-state index contributed by atoms with van der Waals surface area (Å²) in [4.78, 5) is 37.7. The fraction of sp³-hybridized carbons (Fsp3) is 0.250. The Balaban J connectivity index is 1.88. The highest BCUT2D eigenvalue weighted by molar-refractivity contribution is 6.30. The average molecular weight is 404 g/mol. The van der Waals surface area contributed by atoms with E-state index >= 15 is 0 Å². The Labute approximate surface area is 165 Å². The Morgan fingerprint density at radius 1 is 1.14 bits per heavy atom. The second kappa shape index (κ2) is 8.39. The minimum atomic E-state index is -0.534. The molecule has 1 heterocycles. The van der Waals surface area contributed by atoms with Crippen LogP contribution in [0.2, 0.25) is 5.02 Å². The fourth-order valence-corrected chi connectivity index (χ4v) is 3.20. The largest absolute Gasteiger partial charge is 0.350 e. The molecule has 0 saturated carbocycles. The van der Waals surface area contributed by atoms with Crippen LogP contribution in [0.4, 0.5) is 4.39 Å². The van der Waals surface area contributed by atoms with E-state index in [-0.39, 0.29) is 30.2 Å². The Kier molecular flexibility index (Phi) is 5.94. The molecule has 0 spiro atoms. The molecule has 1 N–H and O–H groups in total. The summed E-state index contributed by atoms with van der Waals surface area (Å²) in [7, 11) is 0. The van der Waals surface area contributed by atoms with Gasteiger partial charge in [0.1, 0.15) is 12.4 Å². The molecule has 6 nitrogen and oxygen atoms in total. The topological polar surface area (TPSA) is 73.1 Å². The number of hydrogen-bond acceptors (Lipinski definition) is 3. The monoisotopic (exact) mass is 403 g/mol. The van der Waals surface area contributed by atoms with E-state index in [4.69, 9.17) is 11.6 Å². The van der Waals surface area contributed by atoms with Gasteiger partial charge in [-0.1, -0.05) is 36.7 Å². The van der Waals surface area contributed by atoms with Gasteiger partial charge in [0, 0.05) is 13.1 Å². The summed E-state index contributed by atoms with van der Waals surface area (Å²) in [5, 5.41) is 3.04. The lowest BCUT2D eigenvalue weighted by Gasteiger charge is -2.14. The lowest BCUT2D eigenvalue weighted by molar-refractivity contribution is -0.121. The van der Waals surface area contributed by atoms with E-state index in [9.17, 15) is 18.8 Å². The van der Waals surface area contributed by atoms with Crippen molar-refractivity contribution in [3.05, 3.63) is 79.7 Å². The Bertz CT molecular complexity index is 1150. The molecular weight excluding hydrogens is 385 g/mol. The van der Waals surface area contributed by atoms with Crippen LogP contribution in [0.3, 0.4) is 0 Å². The van der Waals surface area contributed by atoms with Crippen molar-refractivity contribution in [1.29, 1.82) is 0 Å². The highest BCUT2D eigenvalue weighted by atomic mass is 35.5. The summed E-state index contributed by atoms with van der Waals surface area (Å²) in [6.45, 7) is 2.04. The van der Waals surface area contributed by atoms with E-state index in [1.54, 1.807) is 24.3 Å². The Morgan fingerprint density at radius 3 is 2.61 bits per heavy atom. The summed E-state index contributed by atoms with van der Waals surface area (Å²) < 4.78 is 15.7. The normalized spacial score (nSPS) is 11.0. The van der Waals surface area contributed by atoms with Crippen LogP contribution in [0.15, 0.2) is 52.1 Å². The SMILES string of the molecule is CCCn1c(=O)c2ccccc2n(CC(=O)NCc2ccc(F)c(Cl)c2)c1=O. The fourth-order valence-electron chi connectivity index (χ4n) is 2.99. The van der Waals surface area contributed by atoms with Crippen molar-refractivity contribution in [3.8, 4) is 0 Å². The standard InChI is InChI=1S/C20H19ClFN3O3/c1-2-9-24-19(27)14-5-3-4-6-17(14)25(20(24)28)12-18(26)23-11-13-7-8-16(22)15(21)10-13/h3-8,10H,2,9,11-12H2,1H3,(H,23,26). The van der Waals surface area contributed by atoms with Crippen molar-refractivity contribution in [2.45, 2.75) is 33.0 Å². The molecule has 0 atom stereocenters. The molecule has 0 aliphatic carbocycles. The summed E-state index contributed by atoms with van der Waals surface area (Å²) >= 11 is 5.74. The number of amides is 1. The molecule has 0 radical (unpaired) electrons. The molecule has 2 aromatic carbocycles.